The largest absolute Gasteiger partial charge is 0.479 e. The Morgan fingerprint density at radius 3 is 2.22 bits per heavy atom. The zero-order valence-electron chi connectivity index (χ0n) is 10.0. The summed E-state index contributed by atoms with van der Waals surface area (Å²) in [6, 6.07) is 5.84. The van der Waals surface area contributed by atoms with E-state index in [1.54, 1.807) is 0 Å². The fourth-order valence-corrected chi connectivity index (χ4v) is 1.80. The van der Waals surface area contributed by atoms with Crippen LogP contribution in [0.1, 0.15) is 6.92 Å². The Morgan fingerprint density at radius 1 is 1.33 bits per heavy atom. The molecule has 18 heavy (non-hydrogen) atoms. The van der Waals surface area contributed by atoms with Gasteiger partial charge in [0.05, 0.1) is 11.4 Å². The molecule has 0 saturated carbocycles. The first-order valence-electron chi connectivity index (χ1n) is 5.13. The van der Waals surface area contributed by atoms with Crippen LogP contribution in [-0.2, 0) is 14.6 Å². The third-order valence-electron chi connectivity index (χ3n) is 2.38. The molecule has 100 valence electrons. The van der Waals surface area contributed by atoms with Gasteiger partial charge in [-0.15, -0.1) is 0 Å². The van der Waals surface area contributed by atoms with Crippen molar-refractivity contribution in [3.05, 3.63) is 24.3 Å². The quantitative estimate of drug-likeness (QED) is 0.714. The molecule has 0 aliphatic carbocycles. The number of hydrogen-bond donors (Lipinski definition) is 3. The van der Waals surface area contributed by atoms with Crippen molar-refractivity contribution in [3.8, 4) is 0 Å². The Hall–Kier alpha value is -1.60. The van der Waals surface area contributed by atoms with Crippen LogP contribution in [0.15, 0.2) is 29.2 Å². The fourth-order valence-electron chi connectivity index (χ4n) is 1.17. The van der Waals surface area contributed by atoms with E-state index in [1.807, 2.05) is 0 Å². The highest BCUT2D eigenvalue weighted by Crippen LogP contribution is 2.15. The second kappa shape index (κ2) is 4.95. The van der Waals surface area contributed by atoms with Gasteiger partial charge in [-0.2, -0.15) is 0 Å². The molecule has 6 nitrogen and oxygen atoms in total. The highest BCUT2D eigenvalue weighted by atomic mass is 32.2. The lowest BCUT2D eigenvalue weighted by atomic mass is 10.1. The zero-order valence-corrected chi connectivity index (χ0v) is 10.9. The predicted molar refractivity (Wildman–Crippen MR) is 66.3 cm³/mol. The number of nitrogens with one attached hydrogen (secondary N) is 1. The van der Waals surface area contributed by atoms with Gasteiger partial charge < -0.3 is 15.5 Å². The van der Waals surface area contributed by atoms with Crippen molar-refractivity contribution >= 4 is 21.5 Å². The lowest BCUT2D eigenvalue weighted by molar-refractivity contribution is -0.155. The highest BCUT2D eigenvalue weighted by Gasteiger charge is 2.29. The van der Waals surface area contributed by atoms with Crippen molar-refractivity contribution in [2.24, 2.45) is 0 Å². The molecule has 1 aromatic carbocycles. The van der Waals surface area contributed by atoms with Gasteiger partial charge in [-0.25, -0.2) is 13.2 Å². The van der Waals surface area contributed by atoms with Crippen LogP contribution in [-0.4, -0.2) is 43.0 Å². The van der Waals surface area contributed by atoms with E-state index in [9.17, 15) is 18.3 Å². The summed E-state index contributed by atoms with van der Waals surface area (Å²) in [5.74, 6) is -1.33. The minimum absolute atomic E-state index is 0.179. The van der Waals surface area contributed by atoms with Gasteiger partial charge in [0.15, 0.2) is 15.4 Å². The molecule has 0 amide bonds. The Bertz CT molecular complexity index is 533. The Balaban J connectivity index is 2.74. The maximum Gasteiger partial charge on any atom is 0.337 e. The van der Waals surface area contributed by atoms with Gasteiger partial charge in [-0.3, -0.25) is 0 Å². The minimum Gasteiger partial charge on any atom is -0.479 e. The van der Waals surface area contributed by atoms with Crippen molar-refractivity contribution in [1.29, 1.82) is 0 Å². The van der Waals surface area contributed by atoms with Crippen molar-refractivity contribution in [2.45, 2.75) is 17.4 Å². The minimum atomic E-state index is -3.25. The molecular weight excluding hydrogens is 258 g/mol. The molecule has 3 N–H and O–H groups in total. The van der Waals surface area contributed by atoms with Crippen LogP contribution in [0.5, 0.6) is 0 Å². The molecule has 0 heterocycles. The molecular formula is C11H15NO5S. The number of carbonyl (C=O) groups is 1. The Labute approximate surface area is 105 Å². The van der Waals surface area contributed by atoms with E-state index in [0.717, 1.165) is 6.26 Å². The number of anilines is 1. The summed E-state index contributed by atoms with van der Waals surface area (Å²) in [7, 11) is -3.25. The molecule has 0 aliphatic rings. The van der Waals surface area contributed by atoms with E-state index in [-0.39, 0.29) is 11.4 Å². The lowest BCUT2D eigenvalue weighted by Gasteiger charge is -2.19. The van der Waals surface area contributed by atoms with Gasteiger partial charge in [0, 0.05) is 11.9 Å². The SMILES string of the molecule is CC(O)(CNc1ccc(S(C)(=O)=O)cc1)C(=O)O. The smallest absolute Gasteiger partial charge is 0.337 e. The normalized spacial score (nSPS) is 14.8. The number of aliphatic hydroxyl groups is 1. The molecule has 0 bridgehead atoms. The number of sulfone groups is 1. The summed E-state index contributed by atoms with van der Waals surface area (Å²) in [5, 5.41) is 20.9. The topological polar surface area (TPSA) is 104 Å². The number of carboxylic acid groups (broad SMARTS) is 1. The monoisotopic (exact) mass is 273 g/mol. The van der Waals surface area contributed by atoms with Gasteiger partial charge in [0.2, 0.25) is 0 Å². The second-order valence-corrected chi connectivity index (χ2v) is 6.24. The van der Waals surface area contributed by atoms with Crippen molar-refractivity contribution in [1.82, 2.24) is 0 Å². The van der Waals surface area contributed by atoms with Crippen molar-refractivity contribution in [3.63, 3.8) is 0 Å². The van der Waals surface area contributed by atoms with Gasteiger partial charge in [0.1, 0.15) is 0 Å². The summed E-state index contributed by atoms with van der Waals surface area (Å²) in [4.78, 5) is 10.8. The Kier molecular flexibility index (Phi) is 3.98. The number of carboxylic acids is 1. The molecule has 1 rings (SSSR count). The third kappa shape index (κ3) is 3.71. The summed E-state index contributed by atoms with van der Waals surface area (Å²) < 4.78 is 22.4. The standard InChI is InChI=1S/C11H15NO5S/c1-11(15,10(13)14)7-12-8-3-5-9(6-4-8)18(2,16)17/h3-6,12,15H,7H2,1-2H3,(H,13,14). The summed E-state index contributed by atoms with van der Waals surface area (Å²) >= 11 is 0. The molecule has 1 unspecified atom stereocenters. The lowest BCUT2D eigenvalue weighted by Crippen LogP contribution is -2.41. The van der Waals surface area contributed by atoms with E-state index in [0.29, 0.717) is 5.69 Å². The summed E-state index contributed by atoms with van der Waals surface area (Å²) in [5.41, 5.74) is -1.35. The van der Waals surface area contributed by atoms with E-state index in [2.05, 4.69) is 5.32 Å². The van der Waals surface area contributed by atoms with Gasteiger partial charge in [-0.05, 0) is 31.2 Å². The summed E-state index contributed by atoms with van der Waals surface area (Å²) in [6.07, 6.45) is 1.10. The zero-order chi connectivity index (χ0) is 14.0. The van der Waals surface area contributed by atoms with E-state index in [4.69, 9.17) is 5.11 Å². The molecule has 0 aliphatic heterocycles. The third-order valence-corrected chi connectivity index (χ3v) is 3.51. The van der Waals surface area contributed by atoms with Gasteiger partial charge in [-0.1, -0.05) is 0 Å². The number of benzene rings is 1. The number of rotatable bonds is 5. The van der Waals surface area contributed by atoms with E-state index >= 15 is 0 Å². The van der Waals surface area contributed by atoms with Crippen molar-refractivity contribution in [2.75, 3.05) is 18.1 Å². The van der Waals surface area contributed by atoms with Crippen LogP contribution in [0.3, 0.4) is 0 Å². The molecule has 0 spiro atoms. The maximum atomic E-state index is 11.2. The van der Waals surface area contributed by atoms with E-state index in [1.165, 1.54) is 31.2 Å². The molecule has 0 saturated heterocycles. The van der Waals surface area contributed by atoms with Crippen LogP contribution in [0, 0.1) is 0 Å². The van der Waals surface area contributed by atoms with Crippen LogP contribution < -0.4 is 5.32 Å². The number of hydrogen-bond acceptors (Lipinski definition) is 5. The highest BCUT2D eigenvalue weighted by molar-refractivity contribution is 7.90. The average molecular weight is 273 g/mol. The molecule has 7 heteroatoms. The van der Waals surface area contributed by atoms with Crippen LogP contribution in [0.4, 0.5) is 5.69 Å². The Morgan fingerprint density at radius 2 is 1.83 bits per heavy atom. The number of aliphatic carboxylic acids is 1. The molecule has 0 radical (unpaired) electrons. The second-order valence-electron chi connectivity index (χ2n) is 4.23. The van der Waals surface area contributed by atoms with Crippen LogP contribution in [0.25, 0.3) is 0 Å². The predicted octanol–water partition coefficient (Wildman–Crippen LogP) is 0.338. The fraction of sp³-hybridized carbons (Fsp3) is 0.364. The first-order valence-corrected chi connectivity index (χ1v) is 7.02. The van der Waals surface area contributed by atoms with Gasteiger partial charge >= 0.3 is 5.97 Å². The molecule has 0 aromatic heterocycles. The van der Waals surface area contributed by atoms with Crippen LogP contribution in [0.2, 0.25) is 0 Å². The molecule has 1 aromatic rings. The maximum absolute atomic E-state index is 11.2. The molecule has 1 atom stereocenters. The molecule has 0 fully saturated rings. The van der Waals surface area contributed by atoms with Crippen LogP contribution >= 0.6 is 0 Å². The summed E-state index contributed by atoms with van der Waals surface area (Å²) in [6.45, 7) is 0.994. The first kappa shape index (κ1) is 14.5. The van der Waals surface area contributed by atoms with Gasteiger partial charge in [0.25, 0.3) is 0 Å². The van der Waals surface area contributed by atoms with E-state index < -0.39 is 21.4 Å². The first-order chi connectivity index (χ1) is 8.13. The van der Waals surface area contributed by atoms with Crippen molar-refractivity contribution < 1.29 is 23.4 Å². The average Bonchev–Trinajstić information content (AvgIpc) is 2.25.